The number of likely N-dealkylation sites (N-methyl/N-ethyl adjacent to an activating group) is 1. The first-order chi connectivity index (χ1) is 9.17. The molecule has 2 heterocycles. The molecule has 0 aromatic carbocycles. The van der Waals surface area contributed by atoms with Gasteiger partial charge in [0.2, 0.25) is 0 Å². The zero-order chi connectivity index (χ0) is 13.4. The fourth-order valence-corrected chi connectivity index (χ4v) is 2.86. The van der Waals surface area contributed by atoms with Crippen LogP contribution >= 0.6 is 11.6 Å². The molecule has 1 saturated carbocycles. The molecule has 2 fully saturated rings. The van der Waals surface area contributed by atoms with Crippen molar-refractivity contribution in [2.75, 3.05) is 31.6 Å². The van der Waals surface area contributed by atoms with Gasteiger partial charge in [-0.05, 0) is 32.9 Å². The van der Waals surface area contributed by atoms with Crippen LogP contribution in [0.2, 0.25) is 5.15 Å². The Bertz CT molecular complexity index is 461. The molecule has 1 unspecified atom stereocenters. The molecule has 1 aliphatic heterocycles. The highest BCUT2D eigenvalue weighted by molar-refractivity contribution is 6.29. The molecule has 0 spiro atoms. The Hall–Kier alpha value is -0.870. The lowest BCUT2D eigenvalue weighted by Gasteiger charge is -2.23. The molecule has 1 saturated heterocycles. The molecule has 19 heavy (non-hydrogen) atoms. The summed E-state index contributed by atoms with van der Waals surface area (Å²) in [6.07, 6.45) is 3.62. The molecule has 0 N–H and O–H groups in total. The average Bonchev–Trinajstić information content (AvgIpc) is 3.14. The second-order valence-corrected chi connectivity index (χ2v) is 6.03. The van der Waals surface area contributed by atoms with E-state index in [0.29, 0.717) is 17.1 Å². The molecule has 3 rings (SSSR count). The van der Waals surface area contributed by atoms with E-state index in [2.05, 4.69) is 28.8 Å². The van der Waals surface area contributed by atoms with Crippen molar-refractivity contribution in [1.29, 1.82) is 0 Å². The van der Waals surface area contributed by atoms with Gasteiger partial charge in [0.25, 0.3) is 0 Å². The van der Waals surface area contributed by atoms with Gasteiger partial charge in [-0.1, -0.05) is 18.5 Å². The molecule has 2 aliphatic rings. The smallest absolute Gasteiger partial charge is 0.135 e. The Balaban J connectivity index is 1.75. The van der Waals surface area contributed by atoms with Crippen LogP contribution < -0.4 is 4.90 Å². The third-order valence-corrected chi connectivity index (χ3v) is 4.44. The highest BCUT2D eigenvalue weighted by atomic mass is 35.5. The van der Waals surface area contributed by atoms with Crippen molar-refractivity contribution < 1.29 is 0 Å². The predicted molar refractivity (Wildman–Crippen MR) is 77.9 cm³/mol. The van der Waals surface area contributed by atoms with Gasteiger partial charge in [-0.15, -0.1) is 0 Å². The van der Waals surface area contributed by atoms with Gasteiger partial charge in [0.05, 0.1) is 0 Å². The zero-order valence-corrected chi connectivity index (χ0v) is 12.4. The number of aromatic nitrogens is 2. The molecule has 0 radical (unpaired) electrons. The lowest BCUT2D eigenvalue weighted by Crippen LogP contribution is -2.34. The Morgan fingerprint density at radius 3 is 2.84 bits per heavy atom. The molecule has 0 bridgehead atoms. The SMILES string of the molecule is CCN(C)C1CCN(c2cc(Cl)nc(C3CC3)n2)C1. The molecule has 5 heteroatoms. The molecular weight excluding hydrogens is 260 g/mol. The van der Waals surface area contributed by atoms with E-state index in [9.17, 15) is 0 Å². The van der Waals surface area contributed by atoms with Crippen molar-refractivity contribution in [2.45, 2.75) is 38.1 Å². The maximum absolute atomic E-state index is 6.14. The summed E-state index contributed by atoms with van der Waals surface area (Å²) >= 11 is 6.14. The van der Waals surface area contributed by atoms with Crippen LogP contribution in [-0.4, -0.2) is 47.6 Å². The Labute approximate surface area is 119 Å². The second-order valence-electron chi connectivity index (χ2n) is 5.64. The van der Waals surface area contributed by atoms with Crippen molar-refractivity contribution >= 4 is 17.4 Å². The molecular formula is C14H21ClN4. The Kier molecular flexibility index (Phi) is 3.63. The summed E-state index contributed by atoms with van der Waals surface area (Å²) in [5.74, 6) is 2.50. The monoisotopic (exact) mass is 280 g/mol. The van der Waals surface area contributed by atoms with Crippen LogP contribution in [0.25, 0.3) is 0 Å². The summed E-state index contributed by atoms with van der Waals surface area (Å²) in [5.41, 5.74) is 0. The van der Waals surface area contributed by atoms with E-state index >= 15 is 0 Å². The lowest BCUT2D eigenvalue weighted by atomic mass is 10.2. The van der Waals surface area contributed by atoms with E-state index < -0.39 is 0 Å². The normalized spacial score (nSPS) is 23.4. The fraction of sp³-hybridized carbons (Fsp3) is 0.714. The topological polar surface area (TPSA) is 32.3 Å². The zero-order valence-electron chi connectivity index (χ0n) is 11.6. The van der Waals surface area contributed by atoms with Crippen molar-refractivity contribution in [1.82, 2.24) is 14.9 Å². The van der Waals surface area contributed by atoms with Crippen molar-refractivity contribution in [3.63, 3.8) is 0 Å². The molecule has 104 valence electrons. The summed E-state index contributed by atoms with van der Waals surface area (Å²) in [4.78, 5) is 13.8. The number of rotatable bonds is 4. The van der Waals surface area contributed by atoms with Gasteiger partial charge in [-0.25, -0.2) is 9.97 Å². The molecule has 0 amide bonds. The maximum Gasteiger partial charge on any atom is 0.135 e. The highest BCUT2D eigenvalue weighted by Crippen LogP contribution is 2.39. The van der Waals surface area contributed by atoms with Crippen molar-refractivity contribution in [2.24, 2.45) is 0 Å². The third kappa shape index (κ3) is 2.84. The largest absolute Gasteiger partial charge is 0.355 e. The summed E-state index contributed by atoms with van der Waals surface area (Å²) in [7, 11) is 2.19. The van der Waals surface area contributed by atoms with Crippen LogP contribution in [0.15, 0.2) is 6.07 Å². The van der Waals surface area contributed by atoms with Gasteiger partial charge in [0, 0.05) is 31.1 Å². The number of halogens is 1. The second kappa shape index (κ2) is 5.25. The Morgan fingerprint density at radius 2 is 2.16 bits per heavy atom. The lowest BCUT2D eigenvalue weighted by molar-refractivity contribution is 0.272. The summed E-state index contributed by atoms with van der Waals surface area (Å²) < 4.78 is 0. The van der Waals surface area contributed by atoms with E-state index in [0.717, 1.165) is 31.3 Å². The van der Waals surface area contributed by atoms with E-state index in [1.54, 1.807) is 0 Å². The number of nitrogens with zero attached hydrogens (tertiary/aromatic N) is 4. The van der Waals surface area contributed by atoms with Gasteiger partial charge in [-0.3, -0.25) is 0 Å². The fourth-order valence-electron chi connectivity index (χ4n) is 2.68. The van der Waals surface area contributed by atoms with Crippen LogP contribution in [0.3, 0.4) is 0 Å². The van der Waals surface area contributed by atoms with Crippen LogP contribution in [0.5, 0.6) is 0 Å². The first-order valence-electron chi connectivity index (χ1n) is 7.17. The quantitative estimate of drug-likeness (QED) is 0.794. The maximum atomic E-state index is 6.14. The van der Waals surface area contributed by atoms with E-state index in [4.69, 9.17) is 16.6 Å². The summed E-state index contributed by atoms with van der Waals surface area (Å²) in [5, 5.41) is 0.583. The van der Waals surface area contributed by atoms with Gasteiger partial charge >= 0.3 is 0 Å². The standard InChI is InChI=1S/C14H21ClN4/c1-3-18(2)11-6-7-19(9-11)13-8-12(15)16-14(17-13)10-4-5-10/h8,10-11H,3-7,9H2,1-2H3. The minimum atomic E-state index is 0.550. The minimum Gasteiger partial charge on any atom is -0.355 e. The number of hydrogen-bond donors (Lipinski definition) is 0. The van der Waals surface area contributed by atoms with Gasteiger partial charge in [0.1, 0.15) is 16.8 Å². The molecule has 4 nitrogen and oxygen atoms in total. The van der Waals surface area contributed by atoms with E-state index in [1.165, 1.54) is 19.3 Å². The van der Waals surface area contributed by atoms with Crippen LogP contribution in [0.1, 0.15) is 37.9 Å². The summed E-state index contributed by atoms with van der Waals surface area (Å²) in [6, 6.07) is 2.53. The predicted octanol–water partition coefficient (Wildman–Crippen LogP) is 2.54. The van der Waals surface area contributed by atoms with Gasteiger partial charge in [-0.2, -0.15) is 0 Å². The molecule has 1 atom stereocenters. The number of hydrogen-bond acceptors (Lipinski definition) is 4. The van der Waals surface area contributed by atoms with Crippen LogP contribution in [-0.2, 0) is 0 Å². The minimum absolute atomic E-state index is 0.550. The first-order valence-corrected chi connectivity index (χ1v) is 7.55. The Morgan fingerprint density at radius 1 is 1.37 bits per heavy atom. The molecule has 1 aliphatic carbocycles. The summed E-state index contributed by atoms with van der Waals surface area (Å²) in [6.45, 7) is 5.40. The van der Waals surface area contributed by atoms with E-state index in [-0.39, 0.29) is 0 Å². The third-order valence-electron chi connectivity index (χ3n) is 4.25. The van der Waals surface area contributed by atoms with Gasteiger partial charge in [0.15, 0.2) is 0 Å². The van der Waals surface area contributed by atoms with Crippen LogP contribution in [0.4, 0.5) is 5.82 Å². The number of anilines is 1. The van der Waals surface area contributed by atoms with Crippen LogP contribution in [0, 0.1) is 0 Å². The molecule has 1 aromatic heterocycles. The average molecular weight is 281 g/mol. The first kappa shape index (κ1) is 13.1. The van der Waals surface area contributed by atoms with E-state index in [1.807, 2.05) is 6.07 Å². The highest BCUT2D eigenvalue weighted by Gasteiger charge is 2.30. The molecule has 1 aromatic rings. The van der Waals surface area contributed by atoms with Gasteiger partial charge < -0.3 is 9.80 Å². The van der Waals surface area contributed by atoms with Crippen molar-refractivity contribution in [3.05, 3.63) is 17.0 Å². The van der Waals surface area contributed by atoms with Crippen molar-refractivity contribution in [3.8, 4) is 0 Å².